The van der Waals surface area contributed by atoms with Crippen molar-refractivity contribution in [1.82, 2.24) is 0 Å². The molecule has 2 fully saturated rings. The summed E-state index contributed by atoms with van der Waals surface area (Å²) in [6, 6.07) is 10.5. The molecule has 2 heterocycles. The number of nitrogens with zero attached hydrogens (tertiary/aromatic N) is 1. The van der Waals surface area contributed by atoms with Crippen molar-refractivity contribution in [2.75, 3.05) is 24.7 Å². The Morgan fingerprint density at radius 3 is 2.62 bits per heavy atom. The van der Waals surface area contributed by atoms with Gasteiger partial charge < -0.3 is 19.5 Å². The number of carbonyl (C=O) groups is 1. The Hall–Kier alpha value is -1.63. The number of benzene rings is 2. The SMILES string of the molecule is O=C1N(CC2CC2)c2ccc(C(O)c3cc(Cl)ccc3Cl)cc2C12OCCCO2. The van der Waals surface area contributed by atoms with Crippen LogP contribution in [0.3, 0.4) is 0 Å². The lowest BCUT2D eigenvalue weighted by Crippen LogP contribution is -2.47. The van der Waals surface area contributed by atoms with Gasteiger partial charge in [0, 0.05) is 27.7 Å². The van der Waals surface area contributed by atoms with Crippen molar-refractivity contribution >= 4 is 34.8 Å². The van der Waals surface area contributed by atoms with E-state index in [2.05, 4.69) is 0 Å². The molecule has 5 rings (SSSR count). The van der Waals surface area contributed by atoms with Crippen LogP contribution < -0.4 is 4.90 Å². The van der Waals surface area contributed by atoms with Crippen LogP contribution in [0.4, 0.5) is 5.69 Å². The van der Waals surface area contributed by atoms with Gasteiger partial charge in [0.2, 0.25) is 0 Å². The molecule has 1 spiro atoms. The van der Waals surface area contributed by atoms with E-state index >= 15 is 0 Å². The van der Waals surface area contributed by atoms with Crippen molar-refractivity contribution in [3.63, 3.8) is 0 Å². The fourth-order valence-corrected chi connectivity index (χ4v) is 4.48. The predicted molar refractivity (Wildman–Crippen MR) is 110 cm³/mol. The van der Waals surface area contributed by atoms with Gasteiger partial charge in [-0.3, -0.25) is 4.79 Å². The number of carbonyl (C=O) groups excluding carboxylic acids is 1. The average molecular weight is 434 g/mol. The smallest absolute Gasteiger partial charge is 0.292 e. The first kappa shape index (κ1) is 19.3. The van der Waals surface area contributed by atoms with Crippen molar-refractivity contribution < 1.29 is 19.4 Å². The molecule has 5 nitrogen and oxygen atoms in total. The van der Waals surface area contributed by atoms with Crippen molar-refractivity contribution in [3.8, 4) is 0 Å². The van der Waals surface area contributed by atoms with Gasteiger partial charge in [-0.25, -0.2) is 0 Å². The van der Waals surface area contributed by atoms with E-state index in [0.717, 1.165) is 24.9 Å². The number of hydrogen-bond donors (Lipinski definition) is 1. The van der Waals surface area contributed by atoms with Crippen LogP contribution in [0.5, 0.6) is 0 Å². The van der Waals surface area contributed by atoms with Crippen LogP contribution in [0.15, 0.2) is 36.4 Å². The molecule has 3 aliphatic rings. The molecule has 1 unspecified atom stereocenters. The molecule has 1 aliphatic carbocycles. The van der Waals surface area contributed by atoms with Crippen LogP contribution in [0.25, 0.3) is 0 Å². The zero-order chi connectivity index (χ0) is 20.2. The van der Waals surface area contributed by atoms with Gasteiger partial charge in [-0.05, 0) is 61.1 Å². The fourth-order valence-electron chi connectivity index (χ4n) is 4.08. The summed E-state index contributed by atoms with van der Waals surface area (Å²) in [5.41, 5.74) is 2.55. The van der Waals surface area contributed by atoms with Gasteiger partial charge in [0.05, 0.1) is 18.9 Å². The number of aliphatic hydroxyl groups is 1. The quantitative estimate of drug-likeness (QED) is 0.774. The minimum atomic E-state index is -1.42. The van der Waals surface area contributed by atoms with E-state index in [1.54, 1.807) is 29.2 Å². The molecule has 2 aromatic carbocycles. The lowest BCUT2D eigenvalue weighted by atomic mass is 9.96. The number of aliphatic hydroxyl groups excluding tert-OH is 1. The molecule has 0 aromatic heterocycles. The predicted octanol–water partition coefficient (Wildman–Crippen LogP) is 4.42. The highest BCUT2D eigenvalue weighted by Gasteiger charge is 2.55. The normalized spacial score (nSPS) is 21.5. The number of fused-ring (bicyclic) bond motifs is 2. The van der Waals surface area contributed by atoms with Crippen LogP contribution in [-0.4, -0.2) is 30.8 Å². The number of rotatable bonds is 4. The molecule has 1 atom stereocenters. The molecule has 7 heteroatoms. The minimum Gasteiger partial charge on any atom is -0.384 e. The first-order valence-electron chi connectivity index (χ1n) is 9.87. The van der Waals surface area contributed by atoms with Gasteiger partial charge in [0.15, 0.2) is 0 Å². The van der Waals surface area contributed by atoms with E-state index < -0.39 is 11.9 Å². The third kappa shape index (κ3) is 3.25. The minimum absolute atomic E-state index is 0.175. The summed E-state index contributed by atoms with van der Waals surface area (Å²) in [6.45, 7) is 1.58. The summed E-state index contributed by atoms with van der Waals surface area (Å²) < 4.78 is 11.9. The third-order valence-corrected chi connectivity index (χ3v) is 6.38. The van der Waals surface area contributed by atoms with E-state index in [-0.39, 0.29) is 5.91 Å². The molecule has 2 aliphatic heterocycles. The third-order valence-electron chi connectivity index (χ3n) is 5.80. The monoisotopic (exact) mass is 433 g/mol. The van der Waals surface area contributed by atoms with Crippen LogP contribution in [0.1, 0.15) is 42.1 Å². The van der Waals surface area contributed by atoms with Crippen LogP contribution in [-0.2, 0) is 20.1 Å². The standard InChI is InChI=1S/C22H21Cl2NO4/c23-15-5-6-18(24)16(11-15)20(26)14-4-7-19-17(10-14)22(28-8-1-9-29-22)21(27)25(19)12-13-2-3-13/h4-7,10-11,13,20,26H,1-3,8-9,12H2. The lowest BCUT2D eigenvalue weighted by molar-refractivity contribution is -0.256. The summed E-state index contributed by atoms with van der Waals surface area (Å²) in [5.74, 6) is -1.07. The summed E-state index contributed by atoms with van der Waals surface area (Å²) in [6.07, 6.45) is 2.03. The average Bonchev–Trinajstić information content (AvgIpc) is 3.54. The maximum absolute atomic E-state index is 13.3. The Labute approximate surface area is 179 Å². The van der Waals surface area contributed by atoms with Crippen molar-refractivity contribution in [1.29, 1.82) is 0 Å². The number of hydrogen-bond acceptors (Lipinski definition) is 4. The molecule has 0 bridgehead atoms. The summed E-state index contributed by atoms with van der Waals surface area (Å²) in [5, 5.41) is 11.9. The van der Waals surface area contributed by atoms with Gasteiger partial charge in [-0.1, -0.05) is 29.3 Å². The van der Waals surface area contributed by atoms with Crippen LogP contribution >= 0.6 is 23.2 Å². The molecule has 1 N–H and O–H groups in total. The van der Waals surface area contributed by atoms with Gasteiger partial charge >= 0.3 is 0 Å². The van der Waals surface area contributed by atoms with Crippen LogP contribution in [0.2, 0.25) is 10.0 Å². The van der Waals surface area contributed by atoms with Gasteiger partial charge in [-0.15, -0.1) is 0 Å². The Kier molecular flexibility index (Phi) is 4.84. The van der Waals surface area contributed by atoms with E-state index in [1.165, 1.54) is 0 Å². The maximum atomic E-state index is 13.3. The van der Waals surface area contributed by atoms with E-state index in [0.29, 0.717) is 52.4 Å². The highest BCUT2D eigenvalue weighted by molar-refractivity contribution is 6.33. The summed E-state index contributed by atoms with van der Waals surface area (Å²) in [7, 11) is 0. The first-order valence-corrected chi connectivity index (χ1v) is 10.6. The summed E-state index contributed by atoms with van der Waals surface area (Å²) in [4.78, 5) is 15.1. The second-order valence-corrected chi connectivity index (χ2v) is 8.71. The Balaban J connectivity index is 1.58. The number of ether oxygens (including phenoxy) is 2. The second kappa shape index (κ2) is 7.25. The van der Waals surface area contributed by atoms with Crippen molar-refractivity contribution in [2.24, 2.45) is 5.92 Å². The fraction of sp³-hybridized carbons (Fsp3) is 0.409. The zero-order valence-electron chi connectivity index (χ0n) is 15.7. The highest BCUT2D eigenvalue weighted by Crippen LogP contribution is 2.48. The topological polar surface area (TPSA) is 59.0 Å². The Morgan fingerprint density at radius 1 is 1.14 bits per heavy atom. The highest BCUT2D eigenvalue weighted by atomic mass is 35.5. The molecular formula is C22H21Cl2NO4. The zero-order valence-corrected chi connectivity index (χ0v) is 17.2. The molecule has 1 saturated heterocycles. The van der Waals surface area contributed by atoms with Gasteiger partial charge in [-0.2, -0.15) is 0 Å². The Bertz CT molecular complexity index is 969. The molecule has 2 aromatic rings. The lowest BCUT2D eigenvalue weighted by Gasteiger charge is -2.32. The van der Waals surface area contributed by atoms with E-state index in [9.17, 15) is 9.90 Å². The van der Waals surface area contributed by atoms with E-state index in [1.807, 2.05) is 12.1 Å². The number of anilines is 1. The first-order chi connectivity index (χ1) is 14.0. The second-order valence-electron chi connectivity index (χ2n) is 7.87. The van der Waals surface area contributed by atoms with Crippen molar-refractivity contribution in [3.05, 3.63) is 63.1 Å². The van der Waals surface area contributed by atoms with Crippen molar-refractivity contribution in [2.45, 2.75) is 31.2 Å². The number of amides is 1. The maximum Gasteiger partial charge on any atom is 0.292 e. The molecular weight excluding hydrogens is 413 g/mol. The van der Waals surface area contributed by atoms with Gasteiger partial charge in [0.25, 0.3) is 11.7 Å². The molecule has 29 heavy (non-hydrogen) atoms. The molecule has 152 valence electrons. The number of halogens is 2. The van der Waals surface area contributed by atoms with Crippen LogP contribution in [0, 0.1) is 5.92 Å². The van der Waals surface area contributed by atoms with Gasteiger partial charge in [0.1, 0.15) is 6.10 Å². The largest absolute Gasteiger partial charge is 0.384 e. The molecule has 1 saturated carbocycles. The summed E-state index contributed by atoms with van der Waals surface area (Å²) >= 11 is 12.4. The molecule has 0 radical (unpaired) electrons. The molecule has 1 amide bonds. The Morgan fingerprint density at radius 2 is 1.90 bits per heavy atom. The van der Waals surface area contributed by atoms with E-state index in [4.69, 9.17) is 32.7 Å².